The van der Waals surface area contributed by atoms with Gasteiger partial charge in [0, 0.05) is 29.5 Å². The van der Waals surface area contributed by atoms with Crippen molar-refractivity contribution < 1.29 is 19.4 Å². The summed E-state index contributed by atoms with van der Waals surface area (Å²) in [6.07, 6.45) is 0.112. The fourth-order valence-electron chi connectivity index (χ4n) is 5.44. The maximum Gasteiger partial charge on any atom is 0.270 e. The zero-order valence-corrected chi connectivity index (χ0v) is 26.7. The van der Waals surface area contributed by atoms with Gasteiger partial charge in [-0.25, -0.2) is 4.99 Å². The molecule has 0 aliphatic carbocycles. The highest BCUT2D eigenvalue weighted by molar-refractivity contribution is 9.10. The van der Waals surface area contributed by atoms with Crippen molar-refractivity contribution in [2.75, 3.05) is 18.6 Å². The standard InChI is InChI=1S/C38H34BrN3O4/c39-32-20-12-27(13-21-32)26-38(37(44)42-41-33-10-5-2-6-11-33)35(30-16-14-29(15-17-30)28-8-3-1-4-9-28)46-36(40-38)31-18-22-34(23-19-31)45-25-7-24-43/h1-6,8-23,35,41,43H,7,24-26H2,(H,42,44)/t35-,38-/m0/s1. The van der Waals surface area contributed by atoms with Crippen LogP contribution < -0.4 is 15.6 Å². The van der Waals surface area contributed by atoms with Gasteiger partial charge >= 0.3 is 0 Å². The summed E-state index contributed by atoms with van der Waals surface area (Å²) in [5.41, 5.74) is 10.0. The number of para-hydroxylation sites is 1. The largest absolute Gasteiger partial charge is 0.494 e. The van der Waals surface area contributed by atoms with Crippen LogP contribution >= 0.6 is 15.9 Å². The molecule has 0 aromatic heterocycles. The fraction of sp³-hybridized carbons (Fsp3) is 0.158. The van der Waals surface area contributed by atoms with Crippen molar-refractivity contribution in [2.45, 2.75) is 24.5 Å². The van der Waals surface area contributed by atoms with Gasteiger partial charge in [-0.1, -0.05) is 101 Å². The second-order valence-electron chi connectivity index (χ2n) is 11.0. The maximum atomic E-state index is 14.5. The summed E-state index contributed by atoms with van der Waals surface area (Å²) >= 11 is 3.53. The highest BCUT2D eigenvalue weighted by Gasteiger charge is 2.53. The van der Waals surface area contributed by atoms with Crippen molar-refractivity contribution >= 4 is 33.4 Å². The number of carbonyl (C=O) groups is 1. The lowest BCUT2D eigenvalue weighted by molar-refractivity contribution is -0.128. The molecule has 0 saturated carbocycles. The first-order valence-electron chi connectivity index (χ1n) is 15.2. The molecule has 0 spiro atoms. The molecular formula is C38H34BrN3O4. The zero-order valence-electron chi connectivity index (χ0n) is 25.1. The molecule has 1 amide bonds. The van der Waals surface area contributed by atoms with Gasteiger partial charge in [-0.2, -0.15) is 0 Å². The topological polar surface area (TPSA) is 92.2 Å². The van der Waals surface area contributed by atoms with E-state index >= 15 is 0 Å². The number of nitrogens with one attached hydrogen (secondary N) is 2. The molecule has 5 aromatic rings. The summed E-state index contributed by atoms with van der Waals surface area (Å²) in [7, 11) is 0. The summed E-state index contributed by atoms with van der Waals surface area (Å²) in [4.78, 5) is 19.6. The first kappa shape index (κ1) is 31.1. The number of aliphatic hydroxyl groups is 1. The van der Waals surface area contributed by atoms with Crippen LogP contribution in [0.2, 0.25) is 0 Å². The Morgan fingerprint density at radius 1 is 0.804 bits per heavy atom. The molecule has 0 unspecified atom stereocenters. The monoisotopic (exact) mass is 675 g/mol. The summed E-state index contributed by atoms with van der Waals surface area (Å²) in [5.74, 6) is 0.719. The Labute approximate surface area is 277 Å². The lowest BCUT2D eigenvalue weighted by atomic mass is 9.82. The van der Waals surface area contributed by atoms with Crippen molar-refractivity contribution in [3.8, 4) is 16.9 Å². The zero-order chi connectivity index (χ0) is 31.8. The van der Waals surface area contributed by atoms with Gasteiger partial charge in [-0.05, 0) is 70.8 Å². The highest BCUT2D eigenvalue weighted by Crippen LogP contribution is 2.43. The van der Waals surface area contributed by atoms with E-state index < -0.39 is 11.6 Å². The number of aliphatic hydroxyl groups excluding tert-OH is 1. The average molecular weight is 677 g/mol. The van der Waals surface area contributed by atoms with Crippen molar-refractivity contribution in [1.82, 2.24) is 5.43 Å². The number of ether oxygens (including phenoxy) is 2. The molecule has 7 nitrogen and oxygen atoms in total. The van der Waals surface area contributed by atoms with E-state index in [2.05, 4.69) is 51.0 Å². The van der Waals surface area contributed by atoms with Gasteiger partial charge in [-0.15, -0.1) is 0 Å². The van der Waals surface area contributed by atoms with E-state index in [4.69, 9.17) is 19.6 Å². The Hall–Kier alpha value is -4.92. The minimum atomic E-state index is -1.35. The average Bonchev–Trinajstić information content (AvgIpc) is 3.50. The number of hydrogen-bond donors (Lipinski definition) is 3. The second-order valence-corrected chi connectivity index (χ2v) is 11.9. The number of anilines is 1. The van der Waals surface area contributed by atoms with E-state index in [1.807, 2.05) is 109 Å². The summed E-state index contributed by atoms with van der Waals surface area (Å²) in [6.45, 7) is 0.483. The van der Waals surface area contributed by atoms with E-state index in [0.717, 1.165) is 38.0 Å². The minimum absolute atomic E-state index is 0.0675. The number of nitrogens with zero attached hydrogens (tertiary/aromatic N) is 1. The molecule has 8 heteroatoms. The van der Waals surface area contributed by atoms with Crippen LogP contribution in [-0.2, 0) is 16.0 Å². The molecule has 0 fully saturated rings. The van der Waals surface area contributed by atoms with Gasteiger partial charge in [0.05, 0.1) is 12.3 Å². The molecule has 3 N–H and O–H groups in total. The molecule has 0 radical (unpaired) electrons. The molecule has 5 aromatic carbocycles. The number of amides is 1. The van der Waals surface area contributed by atoms with E-state index in [-0.39, 0.29) is 12.5 Å². The van der Waals surface area contributed by atoms with Crippen LogP contribution in [0.15, 0.2) is 143 Å². The van der Waals surface area contributed by atoms with Gasteiger partial charge in [0.25, 0.3) is 5.91 Å². The van der Waals surface area contributed by atoms with E-state index in [9.17, 15) is 4.79 Å². The molecule has 0 saturated heterocycles. The quantitative estimate of drug-likeness (QED) is 0.0940. The number of carbonyl (C=O) groups excluding carboxylic acids is 1. The molecule has 232 valence electrons. The maximum absolute atomic E-state index is 14.5. The van der Waals surface area contributed by atoms with Crippen molar-refractivity contribution in [1.29, 1.82) is 0 Å². The molecule has 6 rings (SSSR count). The number of halogens is 1. The van der Waals surface area contributed by atoms with Crippen LogP contribution in [0.5, 0.6) is 5.75 Å². The van der Waals surface area contributed by atoms with Crippen LogP contribution in [0.4, 0.5) is 5.69 Å². The molecule has 46 heavy (non-hydrogen) atoms. The lowest BCUT2D eigenvalue weighted by Gasteiger charge is -2.31. The summed E-state index contributed by atoms with van der Waals surface area (Å²) in [5, 5.41) is 9.09. The van der Waals surface area contributed by atoms with Gasteiger partial charge in [0.15, 0.2) is 11.6 Å². The molecule has 2 atom stereocenters. The normalized spacial score (nSPS) is 17.1. The smallest absolute Gasteiger partial charge is 0.270 e. The fourth-order valence-corrected chi connectivity index (χ4v) is 5.70. The van der Waals surface area contributed by atoms with Crippen molar-refractivity contribution in [3.63, 3.8) is 0 Å². The van der Waals surface area contributed by atoms with Crippen LogP contribution in [-0.4, -0.2) is 35.7 Å². The Morgan fingerprint density at radius 2 is 1.43 bits per heavy atom. The number of aliphatic imine (C=N–C) groups is 1. The Bertz CT molecular complexity index is 1760. The predicted molar refractivity (Wildman–Crippen MR) is 185 cm³/mol. The summed E-state index contributed by atoms with van der Waals surface area (Å²) in [6, 6.07) is 43.1. The third-order valence-electron chi connectivity index (χ3n) is 7.83. The summed E-state index contributed by atoms with van der Waals surface area (Å²) < 4.78 is 13.4. The van der Waals surface area contributed by atoms with Gasteiger partial charge in [0.1, 0.15) is 5.75 Å². The Balaban J connectivity index is 1.40. The lowest BCUT2D eigenvalue weighted by Crippen LogP contribution is -2.51. The van der Waals surface area contributed by atoms with Gasteiger partial charge < -0.3 is 14.6 Å². The first-order valence-corrected chi connectivity index (χ1v) is 16.0. The minimum Gasteiger partial charge on any atom is -0.494 e. The van der Waals surface area contributed by atoms with E-state index in [0.29, 0.717) is 31.1 Å². The Morgan fingerprint density at radius 3 is 2.11 bits per heavy atom. The number of hydrazine groups is 1. The first-order chi connectivity index (χ1) is 22.5. The van der Waals surface area contributed by atoms with Crippen molar-refractivity contribution in [2.24, 2.45) is 4.99 Å². The molecular weight excluding hydrogens is 642 g/mol. The molecule has 0 bridgehead atoms. The Kier molecular flexibility index (Phi) is 9.76. The van der Waals surface area contributed by atoms with E-state index in [1.54, 1.807) is 0 Å². The molecule has 1 heterocycles. The number of rotatable bonds is 12. The van der Waals surface area contributed by atoms with Crippen LogP contribution in [0.25, 0.3) is 11.1 Å². The van der Waals surface area contributed by atoms with Crippen LogP contribution in [0.3, 0.4) is 0 Å². The molecule has 1 aliphatic rings. The van der Waals surface area contributed by atoms with Crippen LogP contribution in [0, 0.1) is 0 Å². The third kappa shape index (κ3) is 7.14. The molecule has 1 aliphatic heterocycles. The van der Waals surface area contributed by atoms with Crippen molar-refractivity contribution in [3.05, 3.63) is 155 Å². The predicted octanol–water partition coefficient (Wildman–Crippen LogP) is 7.52. The van der Waals surface area contributed by atoms with Crippen LogP contribution in [0.1, 0.15) is 29.2 Å². The van der Waals surface area contributed by atoms with E-state index in [1.165, 1.54) is 0 Å². The van der Waals surface area contributed by atoms with Gasteiger partial charge in [0.2, 0.25) is 5.90 Å². The SMILES string of the molecule is O=C(NNc1ccccc1)[C@@]1(Cc2ccc(Br)cc2)N=C(c2ccc(OCCCO)cc2)O[C@H]1c1ccc(-c2ccccc2)cc1. The number of hydrogen-bond acceptors (Lipinski definition) is 6. The third-order valence-corrected chi connectivity index (χ3v) is 8.36. The number of benzene rings is 5. The van der Waals surface area contributed by atoms with Gasteiger partial charge in [-0.3, -0.25) is 15.6 Å². The highest BCUT2D eigenvalue weighted by atomic mass is 79.9. The second kappa shape index (κ2) is 14.5.